The van der Waals surface area contributed by atoms with E-state index in [1.54, 1.807) is 28.4 Å². The van der Waals surface area contributed by atoms with Gasteiger partial charge in [-0.15, -0.1) is 0 Å². The van der Waals surface area contributed by atoms with Crippen LogP contribution in [0.1, 0.15) is 46.1 Å². The van der Waals surface area contributed by atoms with Gasteiger partial charge in [0.25, 0.3) is 0 Å². The van der Waals surface area contributed by atoms with Gasteiger partial charge < -0.3 is 24.8 Å². The van der Waals surface area contributed by atoms with Gasteiger partial charge in [-0.05, 0) is 31.2 Å². The standard InChI is InChI=1S/C20H35N3O3/c1-14(9-10-20(2,3)4)23-19(21-5)22-13-15-11-17(25-7)18(26-8)12-16(15)24-6/h11-12,14H,9-10,13H2,1-8H3,(H2,21,22,23). The largest absolute Gasteiger partial charge is 0.496 e. The summed E-state index contributed by atoms with van der Waals surface area (Å²) in [6.07, 6.45) is 2.24. The molecule has 1 unspecified atom stereocenters. The van der Waals surface area contributed by atoms with Crippen LogP contribution in [0.2, 0.25) is 0 Å². The van der Waals surface area contributed by atoms with E-state index in [2.05, 4.69) is 43.3 Å². The lowest BCUT2D eigenvalue weighted by Crippen LogP contribution is -2.42. The molecule has 1 aromatic rings. The summed E-state index contributed by atoms with van der Waals surface area (Å²) in [6.45, 7) is 9.52. The number of ether oxygens (including phenoxy) is 3. The second-order valence-corrected chi connectivity index (χ2v) is 7.59. The highest BCUT2D eigenvalue weighted by Gasteiger charge is 2.15. The van der Waals surface area contributed by atoms with Crippen LogP contribution in [0.3, 0.4) is 0 Å². The molecule has 6 nitrogen and oxygen atoms in total. The number of aliphatic imine (C=N–C) groups is 1. The van der Waals surface area contributed by atoms with Crippen LogP contribution < -0.4 is 24.8 Å². The number of nitrogens with one attached hydrogen (secondary N) is 2. The van der Waals surface area contributed by atoms with E-state index >= 15 is 0 Å². The van der Waals surface area contributed by atoms with Gasteiger partial charge in [0.1, 0.15) is 5.75 Å². The van der Waals surface area contributed by atoms with Crippen LogP contribution in [0, 0.1) is 5.41 Å². The molecule has 0 amide bonds. The Hall–Kier alpha value is -2.11. The van der Waals surface area contributed by atoms with Gasteiger partial charge >= 0.3 is 0 Å². The fourth-order valence-corrected chi connectivity index (χ4v) is 2.56. The van der Waals surface area contributed by atoms with Gasteiger partial charge in [0.05, 0.1) is 21.3 Å². The summed E-state index contributed by atoms with van der Waals surface area (Å²) in [6, 6.07) is 4.09. The number of benzene rings is 1. The van der Waals surface area contributed by atoms with Gasteiger partial charge in [0, 0.05) is 31.3 Å². The van der Waals surface area contributed by atoms with Gasteiger partial charge in [-0.25, -0.2) is 0 Å². The minimum Gasteiger partial charge on any atom is -0.496 e. The Morgan fingerprint density at radius 3 is 2.12 bits per heavy atom. The Balaban J connectivity index is 2.73. The van der Waals surface area contributed by atoms with E-state index in [9.17, 15) is 0 Å². The second-order valence-electron chi connectivity index (χ2n) is 7.59. The van der Waals surface area contributed by atoms with Crippen LogP contribution in [-0.4, -0.2) is 40.4 Å². The molecule has 1 aromatic carbocycles. The van der Waals surface area contributed by atoms with E-state index in [-0.39, 0.29) is 0 Å². The predicted octanol–water partition coefficient (Wildman–Crippen LogP) is 3.59. The average molecular weight is 366 g/mol. The molecule has 0 fully saturated rings. The predicted molar refractivity (Wildman–Crippen MR) is 108 cm³/mol. The summed E-state index contributed by atoms with van der Waals surface area (Å²) in [7, 11) is 6.66. The Kier molecular flexibility index (Phi) is 8.55. The summed E-state index contributed by atoms with van der Waals surface area (Å²) >= 11 is 0. The lowest BCUT2D eigenvalue weighted by Gasteiger charge is -2.23. The monoisotopic (exact) mass is 365 g/mol. The van der Waals surface area contributed by atoms with Crippen molar-refractivity contribution in [2.24, 2.45) is 10.4 Å². The molecule has 1 atom stereocenters. The Bertz CT molecular complexity index is 595. The molecule has 6 heteroatoms. The van der Waals surface area contributed by atoms with E-state index < -0.39 is 0 Å². The zero-order chi connectivity index (χ0) is 19.7. The van der Waals surface area contributed by atoms with Crippen molar-refractivity contribution < 1.29 is 14.2 Å². The zero-order valence-electron chi connectivity index (χ0n) is 17.5. The molecular formula is C20H35N3O3. The molecule has 0 heterocycles. The first-order valence-electron chi connectivity index (χ1n) is 9.00. The number of methoxy groups -OCH3 is 3. The topological polar surface area (TPSA) is 64.1 Å². The number of hydrogen-bond donors (Lipinski definition) is 2. The minimum absolute atomic E-state index is 0.333. The number of rotatable bonds is 8. The lowest BCUT2D eigenvalue weighted by atomic mass is 9.89. The molecule has 0 saturated carbocycles. The van der Waals surface area contributed by atoms with Gasteiger partial charge in [-0.3, -0.25) is 4.99 Å². The minimum atomic E-state index is 0.333. The number of guanidine groups is 1. The van der Waals surface area contributed by atoms with E-state index in [0.29, 0.717) is 29.5 Å². The van der Waals surface area contributed by atoms with Crippen molar-refractivity contribution in [3.8, 4) is 17.2 Å². The SMILES string of the molecule is CN=C(NCc1cc(OC)c(OC)cc1OC)NC(C)CCC(C)(C)C. The van der Waals surface area contributed by atoms with E-state index in [1.165, 1.54) is 0 Å². The maximum Gasteiger partial charge on any atom is 0.191 e. The summed E-state index contributed by atoms with van der Waals surface area (Å²) in [5, 5.41) is 6.78. The van der Waals surface area contributed by atoms with Crippen LogP contribution >= 0.6 is 0 Å². The third-order valence-corrected chi connectivity index (χ3v) is 4.17. The van der Waals surface area contributed by atoms with Gasteiger partial charge in [-0.1, -0.05) is 20.8 Å². The summed E-state index contributed by atoms with van der Waals surface area (Å²) < 4.78 is 16.2. The van der Waals surface area contributed by atoms with Gasteiger partial charge in [0.15, 0.2) is 17.5 Å². The van der Waals surface area contributed by atoms with Gasteiger partial charge in [0.2, 0.25) is 0 Å². The molecule has 26 heavy (non-hydrogen) atoms. The molecule has 0 radical (unpaired) electrons. The molecule has 0 spiro atoms. The molecule has 148 valence electrons. The third-order valence-electron chi connectivity index (χ3n) is 4.17. The van der Waals surface area contributed by atoms with Crippen LogP contribution in [0.4, 0.5) is 0 Å². The Morgan fingerprint density at radius 1 is 1.04 bits per heavy atom. The fourth-order valence-electron chi connectivity index (χ4n) is 2.56. The average Bonchev–Trinajstić information content (AvgIpc) is 2.61. The Morgan fingerprint density at radius 2 is 1.62 bits per heavy atom. The van der Waals surface area contributed by atoms with Crippen LogP contribution in [0.25, 0.3) is 0 Å². The first-order valence-corrected chi connectivity index (χ1v) is 9.00. The highest BCUT2D eigenvalue weighted by Crippen LogP contribution is 2.34. The van der Waals surface area contributed by atoms with Crippen molar-refractivity contribution in [2.45, 2.75) is 53.1 Å². The number of hydrogen-bond acceptors (Lipinski definition) is 4. The van der Waals surface area contributed by atoms with Crippen molar-refractivity contribution in [1.29, 1.82) is 0 Å². The maximum atomic E-state index is 5.47. The fraction of sp³-hybridized carbons (Fsp3) is 0.650. The van der Waals surface area contributed by atoms with E-state index in [0.717, 1.165) is 30.1 Å². The Labute approximate surface area is 158 Å². The molecule has 0 aliphatic heterocycles. The normalized spacial score (nSPS) is 13.2. The molecule has 1 rings (SSSR count). The van der Waals surface area contributed by atoms with Gasteiger partial charge in [-0.2, -0.15) is 0 Å². The molecule has 2 N–H and O–H groups in total. The molecule has 0 aliphatic carbocycles. The molecule has 0 aromatic heterocycles. The summed E-state index contributed by atoms with van der Waals surface area (Å²) in [4.78, 5) is 4.32. The smallest absolute Gasteiger partial charge is 0.191 e. The van der Waals surface area contributed by atoms with Crippen molar-refractivity contribution in [3.63, 3.8) is 0 Å². The van der Waals surface area contributed by atoms with Crippen molar-refractivity contribution in [3.05, 3.63) is 17.7 Å². The third kappa shape index (κ3) is 7.02. The van der Waals surface area contributed by atoms with Crippen LogP contribution in [0.15, 0.2) is 17.1 Å². The molecule has 0 aliphatic rings. The van der Waals surface area contributed by atoms with E-state index in [4.69, 9.17) is 14.2 Å². The molecule has 0 bridgehead atoms. The highest BCUT2D eigenvalue weighted by atomic mass is 16.5. The number of nitrogens with zero attached hydrogens (tertiary/aromatic N) is 1. The van der Waals surface area contributed by atoms with Crippen molar-refractivity contribution in [2.75, 3.05) is 28.4 Å². The zero-order valence-corrected chi connectivity index (χ0v) is 17.5. The maximum absolute atomic E-state index is 5.47. The summed E-state index contributed by atoms with van der Waals surface area (Å²) in [5.41, 5.74) is 1.30. The van der Waals surface area contributed by atoms with Crippen molar-refractivity contribution in [1.82, 2.24) is 10.6 Å². The molecule has 0 saturated heterocycles. The highest BCUT2D eigenvalue weighted by molar-refractivity contribution is 5.80. The summed E-state index contributed by atoms with van der Waals surface area (Å²) in [5.74, 6) is 2.83. The first kappa shape index (κ1) is 21.9. The quantitative estimate of drug-likeness (QED) is 0.544. The van der Waals surface area contributed by atoms with E-state index in [1.807, 2.05) is 12.1 Å². The molecular weight excluding hydrogens is 330 g/mol. The van der Waals surface area contributed by atoms with Crippen molar-refractivity contribution >= 4 is 5.96 Å². The van der Waals surface area contributed by atoms with Crippen LogP contribution in [0.5, 0.6) is 17.2 Å². The lowest BCUT2D eigenvalue weighted by molar-refractivity contribution is 0.345. The second kappa shape index (κ2) is 10.1. The first-order chi connectivity index (χ1) is 12.2. The van der Waals surface area contributed by atoms with Crippen LogP contribution in [-0.2, 0) is 6.54 Å².